The summed E-state index contributed by atoms with van der Waals surface area (Å²) in [5, 5.41) is 4.20. The van der Waals surface area contributed by atoms with Crippen LogP contribution in [-0.4, -0.2) is 22.4 Å². The van der Waals surface area contributed by atoms with E-state index in [1.54, 1.807) is 16.8 Å². The molecule has 0 fully saturated rings. The molecule has 23 heavy (non-hydrogen) atoms. The van der Waals surface area contributed by atoms with Crippen molar-refractivity contribution in [2.75, 3.05) is 6.61 Å². The molecule has 5 heteroatoms. The Morgan fingerprint density at radius 2 is 2.04 bits per heavy atom. The van der Waals surface area contributed by atoms with Gasteiger partial charge in [0.1, 0.15) is 6.61 Å². The number of hydrogen-bond donors (Lipinski definition) is 0. The maximum Gasteiger partial charge on any atom is 0.338 e. The molecule has 1 aromatic carbocycles. The molecule has 1 aromatic heterocycles. The van der Waals surface area contributed by atoms with Crippen molar-refractivity contribution in [1.29, 1.82) is 0 Å². The number of esters is 1. The normalized spacial score (nSPS) is 10.6. The SMILES string of the molecule is CCCOC(=O)c1cccc(CCC)c1COc1ccn(C)n1. The van der Waals surface area contributed by atoms with Crippen LogP contribution in [0.3, 0.4) is 0 Å². The molecule has 0 aliphatic heterocycles. The highest BCUT2D eigenvalue weighted by Gasteiger charge is 2.16. The number of aromatic nitrogens is 2. The molecule has 0 saturated heterocycles. The molecule has 0 spiro atoms. The van der Waals surface area contributed by atoms with Gasteiger partial charge in [-0.05, 0) is 24.5 Å². The van der Waals surface area contributed by atoms with Crippen LogP contribution in [0.25, 0.3) is 0 Å². The summed E-state index contributed by atoms with van der Waals surface area (Å²) in [7, 11) is 1.84. The molecule has 0 amide bonds. The Balaban J connectivity index is 2.23. The lowest BCUT2D eigenvalue weighted by Gasteiger charge is -2.14. The van der Waals surface area contributed by atoms with Crippen molar-refractivity contribution in [2.24, 2.45) is 7.05 Å². The van der Waals surface area contributed by atoms with Crippen molar-refractivity contribution in [1.82, 2.24) is 9.78 Å². The molecule has 124 valence electrons. The number of aryl methyl sites for hydroxylation is 2. The molecular weight excluding hydrogens is 292 g/mol. The van der Waals surface area contributed by atoms with Gasteiger partial charge in [0.2, 0.25) is 5.88 Å². The molecule has 0 bridgehead atoms. The molecule has 0 aliphatic carbocycles. The second kappa shape index (κ2) is 8.36. The number of rotatable bonds is 8. The van der Waals surface area contributed by atoms with Gasteiger partial charge in [0.15, 0.2) is 0 Å². The van der Waals surface area contributed by atoms with E-state index >= 15 is 0 Å². The van der Waals surface area contributed by atoms with Crippen LogP contribution < -0.4 is 4.74 Å². The van der Waals surface area contributed by atoms with Crippen LogP contribution in [0.15, 0.2) is 30.5 Å². The number of carbonyl (C=O) groups excluding carboxylic acids is 1. The van der Waals surface area contributed by atoms with Crippen LogP contribution in [0.2, 0.25) is 0 Å². The molecule has 0 saturated carbocycles. The standard InChI is InChI=1S/C18H24N2O3/c1-4-7-14-8-6-9-15(18(21)22-12-5-2)16(14)13-23-17-10-11-20(3)19-17/h6,8-11H,4-5,7,12-13H2,1-3H3. The topological polar surface area (TPSA) is 53.4 Å². The first kappa shape index (κ1) is 17.1. The molecule has 2 rings (SSSR count). The number of ether oxygens (including phenoxy) is 2. The third kappa shape index (κ3) is 4.58. The van der Waals surface area contributed by atoms with Crippen LogP contribution in [0.5, 0.6) is 5.88 Å². The number of hydrogen-bond acceptors (Lipinski definition) is 4. The van der Waals surface area contributed by atoms with E-state index in [9.17, 15) is 4.79 Å². The first-order valence-corrected chi connectivity index (χ1v) is 8.06. The predicted octanol–water partition coefficient (Wildman–Crippen LogP) is 3.52. The second-order valence-corrected chi connectivity index (χ2v) is 5.45. The van der Waals surface area contributed by atoms with Gasteiger partial charge in [0.25, 0.3) is 0 Å². The van der Waals surface area contributed by atoms with Gasteiger partial charge in [-0.2, -0.15) is 0 Å². The zero-order valence-electron chi connectivity index (χ0n) is 14.0. The molecule has 2 aromatic rings. The molecule has 0 aliphatic rings. The quantitative estimate of drug-likeness (QED) is 0.699. The fraction of sp³-hybridized carbons (Fsp3) is 0.444. The van der Waals surface area contributed by atoms with E-state index in [0.717, 1.165) is 30.4 Å². The highest BCUT2D eigenvalue weighted by molar-refractivity contribution is 5.91. The van der Waals surface area contributed by atoms with E-state index in [-0.39, 0.29) is 5.97 Å². The molecule has 0 radical (unpaired) electrons. The van der Waals surface area contributed by atoms with Crippen molar-refractivity contribution in [3.05, 3.63) is 47.2 Å². The summed E-state index contributed by atoms with van der Waals surface area (Å²) in [6.07, 6.45) is 4.53. The highest BCUT2D eigenvalue weighted by Crippen LogP contribution is 2.20. The molecule has 1 heterocycles. The number of benzene rings is 1. The van der Waals surface area contributed by atoms with Crippen LogP contribution in [-0.2, 0) is 24.8 Å². The van der Waals surface area contributed by atoms with Crippen molar-refractivity contribution >= 4 is 5.97 Å². The summed E-state index contributed by atoms with van der Waals surface area (Å²) in [6, 6.07) is 7.54. The first-order valence-electron chi connectivity index (χ1n) is 8.06. The van der Waals surface area contributed by atoms with Crippen molar-refractivity contribution in [3.63, 3.8) is 0 Å². The fourth-order valence-corrected chi connectivity index (χ4v) is 2.39. The predicted molar refractivity (Wildman–Crippen MR) is 88.6 cm³/mol. The Bertz CT molecular complexity index is 649. The minimum Gasteiger partial charge on any atom is -0.472 e. The van der Waals surface area contributed by atoms with Crippen LogP contribution in [0.4, 0.5) is 0 Å². The summed E-state index contributed by atoms with van der Waals surface area (Å²) >= 11 is 0. The van der Waals surface area contributed by atoms with Crippen molar-refractivity contribution in [3.8, 4) is 5.88 Å². The maximum absolute atomic E-state index is 12.3. The van der Waals surface area contributed by atoms with Crippen LogP contribution >= 0.6 is 0 Å². The number of nitrogens with zero attached hydrogens (tertiary/aromatic N) is 2. The monoisotopic (exact) mass is 316 g/mol. The van der Waals surface area contributed by atoms with Gasteiger partial charge in [-0.3, -0.25) is 4.68 Å². The minimum absolute atomic E-state index is 0.288. The summed E-state index contributed by atoms with van der Waals surface area (Å²) < 4.78 is 12.7. The van der Waals surface area contributed by atoms with Gasteiger partial charge in [-0.1, -0.05) is 32.4 Å². The Morgan fingerprint density at radius 3 is 2.70 bits per heavy atom. The summed E-state index contributed by atoms with van der Waals surface area (Å²) in [5.41, 5.74) is 2.59. The van der Waals surface area contributed by atoms with Gasteiger partial charge < -0.3 is 9.47 Å². The highest BCUT2D eigenvalue weighted by atomic mass is 16.5. The Kier molecular flexibility index (Phi) is 6.20. The van der Waals surface area contributed by atoms with E-state index < -0.39 is 0 Å². The zero-order chi connectivity index (χ0) is 16.7. The van der Waals surface area contributed by atoms with E-state index in [2.05, 4.69) is 12.0 Å². The van der Waals surface area contributed by atoms with Gasteiger partial charge in [0, 0.05) is 24.9 Å². The molecule has 0 N–H and O–H groups in total. The molecule has 0 atom stereocenters. The molecule has 0 unspecified atom stereocenters. The second-order valence-electron chi connectivity index (χ2n) is 5.45. The Labute approximate surface area is 137 Å². The lowest BCUT2D eigenvalue weighted by molar-refractivity contribution is 0.0502. The van der Waals surface area contributed by atoms with Gasteiger partial charge >= 0.3 is 5.97 Å². The van der Waals surface area contributed by atoms with Crippen molar-refractivity contribution in [2.45, 2.75) is 39.7 Å². The minimum atomic E-state index is -0.288. The smallest absolute Gasteiger partial charge is 0.338 e. The third-order valence-corrected chi connectivity index (χ3v) is 3.50. The van der Waals surface area contributed by atoms with Crippen LogP contribution in [0, 0.1) is 0 Å². The third-order valence-electron chi connectivity index (χ3n) is 3.50. The Morgan fingerprint density at radius 1 is 1.22 bits per heavy atom. The average molecular weight is 316 g/mol. The summed E-state index contributed by atoms with van der Waals surface area (Å²) in [6.45, 7) is 4.83. The van der Waals surface area contributed by atoms with E-state index in [1.165, 1.54) is 0 Å². The lowest BCUT2D eigenvalue weighted by Crippen LogP contribution is -2.13. The van der Waals surface area contributed by atoms with Gasteiger partial charge in [0.05, 0.1) is 12.2 Å². The lowest BCUT2D eigenvalue weighted by atomic mass is 9.98. The number of carbonyl (C=O) groups is 1. The summed E-state index contributed by atoms with van der Waals surface area (Å²) in [5.74, 6) is 0.260. The average Bonchev–Trinajstić information content (AvgIpc) is 2.97. The van der Waals surface area contributed by atoms with Crippen LogP contribution in [0.1, 0.15) is 48.2 Å². The Hall–Kier alpha value is -2.30. The van der Waals surface area contributed by atoms with E-state index in [1.807, 2.05) is 32.3 Å². The fourth-order valence-electron chi connectivity index (χ4n) is 2.39. The largest absolute Gasteiger partial charge is 0.472 e. The van der Waals surface area contributed by atoms with Gasteiger partial charge in [-0.25, -0.2) is 4.79 Å². The van der Waals surface area contributed by atoms with E-state index in [0.29, 0.717) is 24.7 Å². The first-order chi connectivity index (χ1) is 11.2. The summed E-state index contributed by atoms with van der Waals surface area (Å²) in [4.78, 5) is 12.3. The maximum atomic E-state index is 12.3. The molecule has 5 nitrogen and oxygen atoms in total. The van der Waals surface area contributed by atoms with Gasteiger partial charge in [-0.15, -0.1) is 5.10 Å². The van der Waals surface area contributed by atoms with E-state index in [4.69, 9.17) is 9.47 Å². The zero-order valence-corrected chi connectivity index (χ0v) is 14.0. The van der Waals surface area contributed by atoms with Crippen molar-refractivity contribution < 1.29 is 14.3 Å². The molecular formula is C18H24N2O3.